The Kier molecular flexibility index (Phi) is 6.44. The fraction of sp³-hybridized carbons (Fsp3) is 0.433. The SMILES string of the molecule is C[C@H]1C2CN(Cc3nc4[nH]c(C(=O)O)nc4n3C[C@@H]3CCO3)CC[C@]21c1cccc(OCc2ccc(C#N)cc2F)n1. The number of halogens is 1. The molecule has 2 aliphatic heterocycles. The van der Waals surface area contributed by atoms with E-state index in [0.717, 1.165) is 44.1 Å². The van der Waals surface area contributed by atoms with E-state index in [1.807, 2.05) is 16.7 Å². The molecule has 3 fully saturated rings. The number of imidazole rings is 2. The minimum absolute atomic E-state index is 0.0309. The standard InChI is InChI=1S/C30H30FN7O4/c1-17-21-14-37(15-24-34-26-28(36-27(35-26)29(39)40)38(24)13-20-7-10-41-20)9-8-30(17,21)23-3-2-4-25(33-23)42-16-19-6-5-18(12-32)11-22(19)31/h2-6,11,17,20-21H,7-10,13-16H2,1H3,(H,35,36)(H,39,40)/t17-,20-,21?,30+/m0/s1. The Morgan fingerprint density at radius 3 is 2.88 bits per heavy atom. The molecule has 2 N–H and O–H groups in total. The quantitative estimate of drug-likeness (QED) is 0.308. The highest BCUT2D eigenvalue weighted by atomic mass is 19.1. The normalized spacial score (nSPS) is 25.0. The number of pyridine rings is 1. The molecular weight excluding hydrogens is 541 g/mol. The van der Waals surface area contributed by atoms with Gasteiger partial charge in [0.25, 0.3) is 0 Å². The van der Waals surface area contributed by atoms with E-state index in [9.17, 15) is 14.3 Å². The van der Waals surface area contributed by atoms with Gasteiger partial charge >= 0.3 is 5.97 Å². The van der Waals surface area contributed by atoms with E-state index in [-0.39, 0.29) is 29.5 Å². The zero-order valence-electron chi connectivity index (χ0n) is 23.1. The molecule has 2 saturated heterocycles. The summed E-state index contributed by atoms with van der Waals surface area (Å²) >= 11 is 0. The van der Waals surface area contributed by atoms with Crippen molar-refractivity contribution in [2.24, 2.45) is 11.8 Å². The number of aromatic carboxylic acids is 1. The van der Waals surface area contributed by atoms with Crippen LogP contribution in [0.25, 0.3) is 11.3 Å². The molecule has 1 unspecified atom stereocenters. The fourth-order valence-corrected chi connectivity index (χ4v) is 6.69. The maximum Gasteiger partial charge on any atom is 0.372 e. The van der Waals surface area contributed by atoms with Crippen LogP contribution >= 0.6 is 0 Å². The van der Waals surface area contributed by atoms with Crippen LogP contribution in [0.5, 0.6) is 5.88 Å². The van der Waals surface area contributed by atoms with Gasteiger partial charge < -0.3 is 24.1 Å². The zero-order chi connectivity index (χ0) is 29.0. The molecule has 216 valence electrons. The Balaban J connectivity index is 1.05. The number of H-pyrrole nitrogens is 1. The Bertz CT molecular complexity index is 1720. The molecule has 4 aromatic rings. The maximum atomic E-state index is 14.3. The van der Waals surface area contributed by atoms with Gasteiger partial charge in [0.15, 0.2) is 11.3 Å². The molecule has 4 atom stereocenters. The first-order chi connectivity index (χ1) is 20.4. The summed E-state index contributed by atoms with van der Waals surface area (Å²) < 4.78 is 27.8. The Morgan fingerprint density at radius 1 is 1.31 bits per heavy atom. The summed E-state index contributed by atoms with van der Waals surface area (Å²) in [5, 5.41) is 18.3. The number of likely N-dealkylation sites (tertiary alicyclic amines) is 1. The lowest BCUT2D eigenvalue weighted by Crippen LogP contribution is -2.37. The van der Waals surface area contributed by atoms with Crippen LogP contribution in [-0.4, -0.2) is 66.3 Å². The Hall–Kier alpha value is -4.34. The number of hydrogen-bond donors (Lipinski definition) is 2. The molecule has 11 nitrogen and oxygen atoms in total. The number of rotatable bonds is 9. The smallest absolute Gasteiger partial charge is 0.372 e. The molecule has 0 amide bonds. The van der Waals surface area contributed by atoms with E-state index >= 15 is 0 Å². The fourth-order valence-electron chi connectivity index (χ4n) is 6.69. The second-order valence-electron chi connectivity index (χ2n) is 11.5. The number of ether oxygens (including phenoxy) is 2. The molecule has 42 heavy (non-hydrogen) atoms. The van der Waals surface area contributed by atoms with Gasteiger partial charge in [-0.05, 0) is 49.4 Å². The monoisotopic (exact) mass is 571 g/mol. The number of fused-ring (bicyclic) bond motifs is 2. The van der Waals surface area contributed by atoms with Crippen LogP contribution in [0.3, 0.4) is 0 Å². The predicted molar refractivity (Wildman–Crippen MR) is 147 cm³/mol. The van der Waals surface area contributed by atoms with Gasteiger partial charge in [0.1, 0.15) is 18.2 Å². The third kappa shape index (κ3) is 4.49. The average Bonchev–Trinajstić information content (AvgIpc) is 3.21. The van der Waals surface area contributed by atoms with Crippen LogP contribution in [0.1, 0.15) is 53.0 Å². The lowest BCUT2D eigenvalue weighted by atomic mass is 9.90. The summed E-state index contributed by atoms with van der Waals surface area (Å²) in [7, 11) is 0. The first kappa shape index (κ1) is 26.6. The van der Waals surface area contributed by atoms with Gasteiger partial charge in [0, 0.05) is 30.2 Å². The van der Waals surface area contributed by atoms with Crippen LogP contribution in [0.15, 0.2) is 36.4 Å². The lowest BCUT2D eigenvalue weighted by molar-refractivity contribution is -0.0593. The van der Waals surface area contributed by atoms with E-state index in [1.54, 1.807) is 18.2 Å². The molecule has 0 spiro atoms. The lowest BCUT2D eigenvalue weighted by Gasteiger charge is -2.32. The molecule has 12 heteroatoms. The van der Waals surface area contributed by atoms with Gasteiger partial charge in [-0.1, -0.05) is 19.1 Å². The summed E-state index contributed by atoms with van der Waals surface area (Å²) in [6.45, 7) is 6.01. The number of nitriles is 1. The van der Waals surface area contributed by atoms with Crippen LogP contribution in [0, 0.1) is 29.0 Å². The number of aromatic amines is 1. The minimum Gasteiger partial charge on any atom is -0.475 e. The summed E-state index contributed by atoms with van der Waals surface area (Å²) in [5.74, 6) is 0.472. The number of carboxylic acid groups (broad SMARTS) is 1. The molecular formula is C30H30FN7O4. The van der Waals surface area contributed by atoms with Gasteiger partial charge in [0.2, 0.25) is 11.7 Å². The first-order valence-electron chi connectivity index (χ1n) is 14.2. The van der Waals surface area contributed by atoms with Crippen LogP contribution in [0.2, 0.25) is 0 Å². The molecule has 1 aromatic carbocycles. The molecule has 3 aliphatic rings. The van der Waals surface area contributed by atoms with E-state index in [4.69, 9.17) is 24.7 Å². The van der Waals surface area contributed by atoms with Crippen molar-refractivity contribution >= 4 is 17.3 Å². The van der Waals surface area contributed by atoms with E-state index in [0.29, 0.717) is 47.7 Å². The number of aromatic nitrogens is 5. The molecule has 1 saturated carbocycles. The van der Waals surface area contributed by atoms with Gasteiger partial charge in [-0.2, -0.15) is 5.26 Å². The number of carboxylic acids is 1. The van der Waals surface area contributed by atoms with Crippen molar-refractivity contribution in [2.45, 2.75) is 51.0 Å². The molecule has 0 radical (unpaired) electrons. The highest BCUT2D eigenvalue weighted by Gasteiger charge is 2.65. The van der Waals surface area contributed by atoms with E-state index in [1.165, 1.54) is 6.07 Å². The molecule has 1 aliphatic carbocycles. The summed E-state index contributed by atoms with van der Waals surface area (Å²) in [4.78, 5) is 30.6. The number of nitrogens with one attached hydrogen (secondary N) is 1. The van der Waals surface area contributed by atoms with Crippen molar-refractivity contribution in [1.82, 2.24) is 29.4 Å². The molecule has 3 aromatic heterocycles. The largest absolute Gasteiger partial charge is 0.475 e. The van der Waals surface area contributed by atoms with E-state index < -0.39 is 11.8 Å². The van der Waals surface area contributed by atoms with Gasteiger partial charge in [0.05, 0.1) is 36.5 Å². The topological polar surface area (TPSA) is 142 Å². The van der Waals surface area contributed by atoms with Crippen molar-refractivity contribution in [1.29, 1.82) is 5.26 Å². The predicted octanol–water partition coefficient (Wildman–Crippen LogP) is 3.64. The van der Waals surface area contributed by atoms with Gasteiger partial charge in [-0.25, -0.2) is 24.1 Å². The van der Waals surface area contributed by atoms with Crippen molar-refractivity contribution < 1.29 is 23.8 Å². The van der Waals surface area contributed by atoms with Gasteiger partial charge in [-0.3, -0.25) is 4.90 Å². The number of nitrogens with zero attached hydrogens (tertiary/aromatic N) is 6. The Morgan fingerprint density at radius 2 is 2.17 bits per heavy atom. The van der Waals surface area contributed by atoms with Crippen LogP contribution < -0.4 is 4.74 Å². The summed E-state index contributed by atoms with van der Waals surface area (Å²) in [6, 6.07) is 12.1. The van der Waals surface area contributed by atoms with E-state index in [2.05, 4.69) is 27.9 Å². The van der Waals surface area contributed by atoms with Crippen molar-refractivity contribution in [3.05, 3.63) is 70.7 Å². The average molecular weight is 572 g/mol. The van der Waals surface area contributed by atoms with Crippen LogP contribution in [0.4, 0.5) is 4.39 Å². The molecule has 0 bridgehead atoms. The second kappa shape index (κ2) is 10.2. The van der Waals surface area contributed by atoms with Crippen LogP contribution in [-0.2, 0) is 29.8 Å². The third-order valence-corrected chi connectivity index (χ3v) is 9.24. The number of hydrogen-bond acceptors (Lipinski definition) is 8. The zero-order valence-corrected chi connectivity index (χ0v) is 23.1. The highest BCUT2D eigenvalue weighted by Crippen LogP contribution is 2.63. The van der Waals surface area contributed by atoms with Crippen molar-refractivity contribution in [3.8, 4) is 11.9 Å². The summed E-state index contributed by atoms with van der Waals surface area (Å²) in [6.07, 6.45) is 1.97. The second-order valence-corrected chi connectivity index (χ2v) is 11.5. The molecule has 5 heterocycles. The third-order valence-electron chi connectivity index (χ3n) is 9.24. The number of piperidine rings is 1. The number of benzene rings is 1. The van der Waals surface area contributed by atoms with Crippen molar-refractivity contribution in [3.63, 3.8) is 0 Å². The Labute approximate surface area is 240 Å². The first-order valence-corrected chi connectivity index (χ1v) is 14.2. The summed E-state index contributed by atoms with van der Waals surface area (Å²) in [5.41, 5.74) is 2.64. The maximum absolute atomic E-state index is 14.3. The van der Waals surface area contributed by atoms with Gasteiger partial charge in [-0.15, -0.1) is 0 Å². The van der Waals surface area contributed by atoms with Crippen molar-refractivity contribution in [2.75, 3.05) is 19.7 Å². The minimum atomic E-state index is -1.11. The molecule has 7 rings (SSSR count). The number of carbonyl (C=O) groups is 1. The highest BCUT2D eigenvalue weighted by molar-refractivity contribution is 5.87.